The predicted molar refractivity (Wildman–Crippen MR) is 84.0 cm³/mol. The molecule has 1 aromatic rings. The number of anilines is 1. The second-order valence-corrected chi connectivity index (χ2v) is 6.42. The monoisotopic (exact) mass is 310 g/mol. The van der Waals surface area contributed by atoms with Crippen LogP contribution in [0.25, 0.3) is 0 Å². The first kappa shape index (κ1) is 15.3. The summed E-state index contributed by atoms with van der Waals surface area (Å²) in [4.78, 5) is 2.32. The Labute approximate surface area is 119 Å². The highest BCUT2D eigenvalue weighted by molar-refractivity contribution is 9.10. The molecule has 0 radical (unpaired) electrons. The van der Waals surface area contributed by atoms with Crippen molar-refractivity contribution in [3.8, 4) is 0 Å². The van der Waals surface area contributed by atoms with Gasteiger partial charge in [0.2, 0.25) is 0 Å². The SMILES string of the molecule is C=CCN(c1ccc(C(C)N)c(Br)c1)C(C)(C)C. The van der Waals surface area contributed by atoms with Crippen LogP contribution in [0.3, 0.4) is 0 Å². The quantitative estimate of drug-likeness (QED) is 0.842. The molecule has 0 saturated heterocycles. The van der Waals surface area contributed by atoms with Gasteiger partial charge in [-0.05, 0) is 45.4 Å². The second-order valence-electron chi connectivity index (χ2n) is 5.56. The van der Waals surface area contributed by atoms with Crippen molar-refractivity contribution in [3.63, 3.8) is 0 Å². The summed E-state index contributed by atoms with van der Waals surface area (Å²) in [5.74, 6) is 0. The van der Waals surface area contributed by atoms with Crippen molar-refractivity contribution in [2.45, 2.75) is 39.3 Å². The van der Waals surface area contributed by atoms with Gasteiger partial charge in [-0.1, -0.05) is 28.1 Å². The highest BCUT2D eigenvalue weighted by Crippen LogP contribution is 2.30. The van der Waals surface area contributed by atoms with Crippen molar-refractivity contribution in [3.05, 3.63) is 40.9 Å². The Morgan fingerprint density at radius 2 is 2.06 bits per heavy atom. The molecule has 0 aromatic heterocycles. The van der Waals surface area contributed by atoms with Gasteiger partial charge >= 0.3 is 0 Å². The zero-order valence-corrected chi connectivity index (χ0v) is 13.3. The number of nitrogens with zero attached hydrogens (tertiary/aromatic N) is 1. The van der Waals surface area contributed by atoms with Crippen molar-refractivity contribution >= 4 is 21.6 Å². The summed E-state index contributed by atoms with van der Waals surface area (Å²) < 4.78 is 1.06. The summed E-state index contributed by atoms with van der Waals surface area (Å²) in [5, 5.41) is 0. The minimum atomic E-state index is 0.0379. The third-order valence-corrected chi connectivity index (χ3v) is 3.59. The molecule has 0 amide bonds. The largest absolute Gasteiger partial charge is 0.363 e. The lowest BCUT2D eigenvalue weighted by Gasteiger charge is -2.37. The smallest absolute Gasteiger partial charge is 0.0384 e. The maximum absolute atomic E-state index is 5.93. The van der Waals surface area contributed by atoms with Crippen LogP contribution in [0, 0.1) is 0 Å². The van der Waals surface area contributed by atoms with E-state index in [1.165, 1.54) is 5.69 Å². The van der Waals surface area contributed by atoms with E-state index in [4.69, 9.17) is 5.73 Å². The van der Waals surface area contributed by atoms with E-state index in [2.05, 4.69) is 66.4 Å². The van der Waals surface area contributed by atoms with Crippen LogP contribution in [0.15, 0.2) is 35.3 Å². The molecule has 0 bridgehead atoms. The molecule has 0 fully saturated rings. The molecule has 1 aromatic carbocycles. The maximum atomic E-state index is 5.93. The van der Waals surface area contributed by atoms with Gasteiger partial charge in [-0.3, -0.25) is 0 Å². The Kier molecular flexibility index (Phi) is 5.00. The lowest BCUT2D eigenvalue weighted by Crippen LogP contribution is -2.41. The third kappa shape index (κ3) is 3.59. The normalized spacial score (nSPS) is 13.2. The molecule has 18 heavy (non-hydrogen) atoms. The Morgan fingerprint density at radius 3 is 2.44 bits per heavy atom. The summed E-state index contributed by atoms with van der Waals surface area (Å²) in [7, 11) is 0. The van der Waals surface area contributed by atoms with Crippen LogP contribution in [-0.4, -0.2) is 12.1 Å². The molecule has 1 rings (SSSR count). The van der Waals surface area contributed by atoms with Crippen LogP contribution >= 0.6 is 15.9 Å². The van der Waals surface area contributed by atoms with E-state index in [0.717, 1.165) is 16.6 Å². The maximum Gasteiger partial charge on any atom is 0.0384 e. The molecule has 0 aliphatic rings. The molecule has 3 heteroatoms. The summed E-state index contributed by atoms with van der Waals surface area (Å²) in [6.45, 7) is 13.2. The molecule has 1 unspecified atom stereocenters. The van der Waals surface area contributed by atoms with Gasteiger partial charge in [-0.25, -0.2) is 0 Å². The van der Waals surface area contributed by atoms with Crippen LogP contribution in [0.2, 0.25) is 0 Å². The first-order valence-electron chi connectivity index (χ1n) is 6.21. The van der Waals surface area contributed by atoms with E-state index in [-0.39, 0.29) is 11.6 Å². The molecular formula is C15H23BrN2. The Morgan fingerprint density at radius 1 is 1.44 bits per heavy atom. The van der Waals surface area contributed by atoms with Crippen molar-refractivity contribution in [1.82, 2.24) is 0 Å². The van der Waals surface area contributed by atoms with Crippen molar-refractivity contribution in [1.29, 1.82) is 0 Å². The second kappa shape index (κ2) is 5.89. The Bertz CT molecular complexity index is 419. The number of hydrogen-bond donors (Lipinski definition) is 1. The molecule has 0 saturated carbocycles. The average molecular weight is 311 g/mol. The molecule has 1 atom stereocenters. The Hall–Kier alpha value is -0.800. The summed E-state index contributed by atoms with van der Waals surface area (Å²) in [6.07, 6.45) is 1.93. The number of halogens is 1. The van der Waals surface area contributed by atoms with Crippen LogP contribution in [0.4, 0.5) is 5.69 Å². The average Bonchev–Trinajstić information content (AvgIpc) is 2.23. The molecule has 0 heterocycles. The van der Waals surface area contributed by atoms with Crippen molar-refractivity contribution in [2.24, 2.45) is 5.73 Å². The lowest BCUT2D eigenvalue weighted by atomic mass is 10.0. The van der Waals surface area contributed by atoms with E-state index in [1.54, 1.807) is 0 Å². The van der Waals surface area contributed by atoms with E-state index in [0.29, 0.717) is 0 Å². The van der Waals surface area contributed by atoms with E-state index in [9.17, 15) is 0 Å². The van der Waals surface area contributed by atoms with Crippen LogP contribution < -0.4 is 10.6 Å². The van der Waals surface area contributed by atoms with Crippen LogP contribution in [0.1, 0.15) is 39.3 Å². The van der Waals surface area contributed by atoms with Gasteiger partial charge in [0.15, 0.2) is 0 Å². The molecular weight excluding hydrogens is 288 g/mol. The van der Waals surface area contributed by atoms with E-state index in [1.807, 2.05) is 13.0 Å². The Balaban J connectivity index is 3.15. The number of rotatable bonds is 4. The highest BCUT2D eigenvalue weighted by atomic mass is 79.9. The lowest BCUT2D eigenvalue weighted by molar-refractivity contribution is 0.522. The molecule has 2 nitrogen and oxygen atoms in total. The fourth-order valence-corrected chi connectivity index (χ4v) is 2.68. The summed E-state index contributed by atoms with van der Waals surface area (Å²) in [5.41, 5.74) is 8.29. The standard InChI is InChI=1S/C15H23BrN2/c1-6-9-18(15(3,4)5)12-7-8-13(11(2)17)14(16)10-12/h6-8,10-11H,1,9,17H2,2-5H3. The zero-order valence-electron chi connectivity index (χ0n) is 11.7. The topological polar surface area (TPSA) is 29.3 Å². The summed E-state index contributed by atoms with van der Waals surface area (Å²) >= 11 is 3.60. The highest BCUT2D eigenvalue weighted by Gasteiger charge is 2.21. The molecule has 0 spiro atoms. The molecule has 0 aliphatic heterocycles. The van der Waals surface area contributed by atoms with Crippen LogP contribution in [-0.2, 0) is 0 Å². The minimum Gasteiger partial charge on any atom is -0.363 e. The van der Waals surface area contributed by atoms with Gasteiger partial charge in [0.05, 0.1) is 0 Å². The van der Waals surface area contributed by atoms with Crippen LogP contribution in [0.5, 0.6) is 0 Å². The van der Waals surface area contributed by atoms with Gasteiger partial charge in [0.25, 0.3) is 0 Å². The number of hydrogen-bond acceptors (Lipinski definition) is 2. The first-order valence-corrected chi connectivity index (χ1v) is 7.00. The first-order chi connectivity index (χ1) is 8.27. The van der Waals surface area contributed by atoms with Crippen molar-refractivity contribution in [2.75, 3.05) is 11.4 Å². The van der Waals surface area contributed by atoms with Gasteiger partial charge in [-0.2, -0.15) is 0 Å². The number of benzene rings is 1. The molecule has 0 aliphatic carbocycles. The van der Waals surface area contributed by atoms with Gasteiger partial charge in [0.1, 0.15) is 0 Å². The van der Waals surface area contributed by atoms with E-state index < -0.39 is 0 Å². The predicted octanol–water partition coefficient (Wildman–Crippen LogP) is 4.26. The summed E-state index contributed by atoms with van der Waals surface area (Å²) in [6, 6.07) is 6.38. The van der Waals surface area contributed by atoms with Gasteiger partial charge < -0.3 is 10.6 Å². The fourth-order valence-electron chi connectivity index (χ4n) is 1.95. The van der Waals surface area contributed by atoms with Crippen molar-refractivity contribution < 1.29 is 0 Å². The van der Waals surface area contributed by atoms with Gasteiger partial charge in [0, 0.05) is 28.3 Å². The number of nitrogens with two attached hydrogens (primary N) is 1. The van der Waals surface area contributed by atoms with E-state index >= 15 is 0 Å². The third-order valence-electron chi connectivity index (χ3n) is 2.91. The minimum absolute atomic E-state index is 0.0379. The molecule has 100 valence electrons. The molecule has 2 N–H and O–H groups in total. The van der Waals surface area contributed by atoms with Gasteiger partial charge in [-0.15, -0.1) is 6.58 Å². The fraction of sp³-hybridized carbons (Fsp3) is 0.467. The zero-order chi connectivity index (χ0) is 13.9.